The fourth-order valence-electron chi connectivity index (χ4n) is 1.08. The van der Waals surface area contributed by atoms with Gasteiger partial charge in [0.05, 0.1) is 5.56 Å². The van der Waals surface area contributed by atoms with Gasteiger partial charge in [0.2, 0.25) is 0 Å². The number of aromatic nitrogens is 1. The Balaban J connectivity index is 2.78. The van der Waals surface area contributed by atoms with Crippen LogP contribution in [0.15, 0.2) is 12.3 Å². The Bertz CT molecular complexity index is 399. The number of amides is 1. The maximum atomic E-state index is 13.4. The minimum atomic E-state index is -0.770. The van der Waals surface area contributed by atoms with Crippen molar-refractivity contribution in [2.24, 2.45) is 5.41 Å². The van der Waals surface area contributed by atoms with Crippen molar-refractivity contribution in [1.82, 2.24) is 10.3 Å². The molecule has 0 bridgehead atoms. The summed E-state index contributed by atoms with van der Waals surface area (Å²) in [5, 5.41) is 2.64. The first kappa shape index (κ1) is 12.4. The van der Waals surface area contributed by atoms with E-state index in [4.69, 9.17) is 5.73 Å². The van der Waals surface area contributed by atoms with Gasteiger partial charge in [-0.2, -0.15) is 0 Å². The number of nitrogens with one attached hydrogen (secondary N) is 1. The zero-order valence-corrected chi connectivity index (χ0v) is 9.67. The average molecular weight is 225 g/mol. The number of hydrogen-bond acceptors (Lipinski definition) is 3. The molecule has 1 aromatic heterocycles. The number of carbonyl (C=O) groups excluding carboxylic acids is 1. The van der Waals surface area contributed by atoms with Crippen LogP contribution < -0.4 is 11.1 Å². The minimum absolute atomic E-state index is 0.0509. The summed E-state index contributed by atoms with van der Waals surface area (Å²) in [6.07, 6.45) is 1.31. The van der Waals surface area contributed by atoms with E-state index in [9.17, 15) is 9.18 Å². The zero-order chi connectivity index (χ0) is 12.3. The molecule has 16 heavy (non-hydrogen) atoms. The van der Waals surface area contributed by atoms with Crippen molar-refractivity contribution >= 4 is 11.7 Å². The Morgan fingerprint density at radius 2 is 2.19 bits per heavy atom. The van der Waals surface area contributed by atoms with Gasteiger partial charge >= 0.3 is 0 Å². The molecule has 0 aromatic carbocycles. The summed E-state index contributed by atoms with van der Waals surface area (Å²) < 4.78 is 13.4. The molecule has 0 radical (unpaired) electrons. The van der Waals surface area contributed by atoms with Crippen LogP contribution in [0, 0.1) is 11.2 Å². The van der Waals surface area contributed by atoms with Crippen molar-refractivity contribution < 1.29 is 9.18 Å². The van der Waals surface area contributed by atoms with E-state index in [1.807, 2.05) is 20.8 Å². The molecular formula is C11H16FN3O. The molecule has 1 aromatic rings. The lowest BCUT2D eigenvalue weighted by Gasteiger charge is -2.18. The summed E-state index contributed by atoms with van der Waals surface area (Å²) >= 11 is 0. The van der Waals surface area contributed by atoms with E-state index in [0.29, 0.717) is 6.54 Å². The van der Waals surface area contributed by atoms with Crippen LogP contribution in [0.25, 0.3) is 0 Å². The molecule has 1 rings (SSSR count). The normalized spacial score (nSPS) is 11.2. The van der Waals surface area contributed by atoms with Crippen LogP contribution in [0.3, 0.4) is 0 Å². The fraction of sp³-hybridized carbons (Fsp3) is 0.455. The summed E-state index contributed by atoms with van der Waals surface area (Å²) in [4.78, 5) is 15.2. The molecule has 1 heterocycles. The smallest absolute Gasteiger partial charge is 0.254 e. The number of nitrogens with two attached hydrogens (primary N) is 1. The molecule has 0 unspecified atom stereocenters. The summed E-state index contributed by atoms with van der Waals surface area (Å²) in [5.41, 5.74) is 5.15. The number of nitrogens with zero attached hydrogens (tertiary/aromatic N) is 1. The SMILES string of the molecule is CC(C)(C)CNC(=O)c1ccnc(N)c1F. The van der Waals surface area contributed by atoms with E-state index in [0.717, 1.165) is 0 Å². The summed E-state index contributed by atoms with van der Waals surface area (Å²) in [7, 11) is 0. The molecule has 88 valence electrons. The quantitative estimate of drug-likeness (QED) is 0.803. The molecule has 3 N–H and O–H groups in total. The molecule has 1 amide bonds. The standard InChI is InChI=1S/C11H16FN3O/c1-11(2,3)6-15-10(16)7-4-5-14-9(13)8(7)12/h4-5H,6H2,1-3H3,(H2,13,14)(H,15,16). The number of halogens is 1. The number of carbonyl (C=O) groups is 1. The van der Waals surface area contributed by atoms with E-state index in [-0.39, 0.29) is 16.8 Å². The first-order valence-corrected chi connectivity index (χ1v) is 4.99. The summed E-state index contributed by atoms with van der Waals surface area (Å²) in [5.74, 6) is -1.50. The van der Waals surface area contributed by atoms with Gasteiger partial charge in [0.1, 0.15) is 0 Å². The molecule has 0 saturated heterocycles. The third-order valence-electron chi connectivity index (χ3n) is 1.94. The van der Waals surface area contributed by atoms with Gasteiger partial charge in [-0.1, -0.05) is 20.8 Å². The molecule has 0 atom stereocenters. The maximum absolute atomic E-state index is 13.4. The van der Waals surface area contributed by atoms with Crippen LogP contribution >= 0.6 is 0 Å². The Kier molecular flexibility index (Phi) is 3.47. The van der Waals surface area contributed by atoms with Gasteiger partial charge < -0.3 is 11.1 Å². The van der Waals surface area contributed by atoms with Crippen molar-refractivity contribution in [3.05, 3.63) is 23.6 Å². The monoisotopic (exact) mass is 225 g/mol. The summed E-state index contributed by atoms with van der Waals surface area (Å²) in [6.45, 7) is 6.40. The highest BCUT2D eigenvalue weighted by atomic mass is 19.1. The number of anilines is 1. The van der Waals surface area contributed by atoms with E-state index in [2.05, 4.69) is 10.3 Å². The van der Waals surface area contributed by atoms with E-state index in [1.54, 1.807) is 0 Å². The third-order valence-corrected chi connectivity index (χ3v) is 1.94. The zero-order valence-electron chi connectivity index (χ0n) is 9.67. The molecule has 0 saturated carbocycles. The largest absolute Gasteiger partial charge is 0.381 e. The Morgan fingerprint density at radius 1 is 1.56 bits per heavy atom. The van der Waals surface area contributed by atoms with Gasteiger partial charge in [-0.05, 0) is 11.5 Å². The fourth-order valence-corrected chi connectivity index (χ4v) is 1.08. The molecule has 4 nitrogen and oxygen atoms in total. The van der Waals surface area contributed by atoms with Crippen LogP contribution in [0.4, 0.5) is 10.2 Å². The van der Waals surface area contributed by atoms with Gasteiger partial charge in [0.25, 0.3) is 5.91 Å². The first-order valence-electron chi connectivity index (χ1n) is 4.99. The molecule has 0 aliphatic carbocycles. The van der Waals surface area contributed by atoms with Gasteiger partial charge in [-0.3, -0.25) is 4.79 Å². The van der Waals surface area contributed by atoms with Crippen molar-refractivity contribution in [2.75, 3.05) is 12.3 Å². The van der Waals surface area contributed by atoms with E-state index >= 15 is 0 Å². The topological polar surface area (TPSA) is 68.0 Å². The average Bonchev–Trinajstić information content (AvgIpc) is 2.17. The molecular weight excluding hydrogens is 209 g/mol. The second kappa shape index (κ2) is 4.47. The highest BCUT2D eigenvalue weighted by Crippen LogP contribution is 2.13. The molecule has 0 aliphatic heterocycles. The second-order valence-corrected chi connectivity index (χ2v) is 4.80. The van der Waals surface area contributed by atoms with Gasteiger partial charge in [-0.25, -0.2) is 9.37 Å². The maximum Gasteiger partial charge on any atom is 0.254 e. The highest BCUT2D eigenvalue weighted by molar-refractivity contribution is 5.95. The number of hydrogen-bond donors (Lipinski definition) is 2. The number of pyridine rings is 1. The van der Waals surface area contributed by atoms with Gasteiger partial charge in [0.15, 0.2) is 11.6 Å². The van der Waals surface area contributed by atoms with Crippen LogP contribution in [-0.2, 0) is 0 Å². The minimum Gasteiger partial charge on any atom is -0.381 e. The van der Waals surface area contributed by atoms with Crippen molar-refractivity contribution in [2.45, 2.75) is 20.8 Å². The van der Waals surface area contributed by atoms with Crippen LogP contribution in [0.2, 0.25) is 0 Å². The molecule has 5 heteroatoms. The highest BCUT2D eigenvalue weighted by Gasteiger charge is 2.17. The molecule has 0 fully saturated rings. The van der Waals surface area contributed by atoms with Crippen molar-refractivity contribution in [1.29, 1.82) is 0 Å². The lowest BCUT2D eigenvalue weighted by Crippen LogP contribution is -2.32. The third kappa shape index (κ3) is 3.18. The second-order valence-electron chi connectivity index (χ2n) is 4.80. The lowest BCUT2D eigenvalue weighted by atomic mass is 9.97. The Morgan fingerprint density at radius 3 is 2.75 bits per heavy atom. The predicted molar refractivity (Wildman–Crippen MR) is 60.4 cm³/mol. The predicted octanol–water partition coefficient (Wildman–Crippen LogP) is 1.58. The van der Waals surface area contributed by atoms with E-state index < -0.39 is 11.7 Å². The van der Waals surface area contributed by atoms with Crippen molar-refractivity contribution in [3.63, 3.8) is 0 Å². The van der Waals surface area contributed by atoms with Gasteiger partial charge in [-0.15, -0.1) is 0 Å². The number of rotatable bonds is 2. The van der Waals surface area contributed by atoms with Gasteiger partial charge in [0, 0.05) is 12.7 Å². The van der Waals surface area contributed by atoms with Crippen LogP contribution in [-0.4, -0.2) is 17.4 Å². The number of nitrogen functional groups attached to an aromatic ring is 1. The van der Waals surface area contributed by atoms with E-state index in [1.165, 1.54) is 12.3 Å². The Labute approximate surface area is 94.1 Å². The lowest BCUT2D eigenvalue weighted by molar-refractivity contribution is 0.0935. The molecule has 0 spiro atoms. The Hall–Kier alpha value is -1.65. The van der Waals surface area contributed by atoms with Crippen LogP contribution in [0.1, 0.15) is 31.1 Å². The molecule has 0 aliphatic rings. The van der Waals surface area contributed by atoms with Crippen molar-refractivity contribution in [3.8, 4) is 0 Å². The first-order chi connectivity index (χ1) is 7.31. The van der Waals surface area contributed by atoms with Crippen LogP contribution in [0.5, 0.6) is 0 Å². The summed E-state index contributed by atoms with van der Waals surface area (Å²) in [6, 6.07) is 1.31.